The monoisotopic (exact) mass is 281 g/mol. The maximum atomic E-state index is 5.80. The van der Waals surface area contributed by atoms with Crippen LogP contribution in [-0.2, 0) is 6.42 Å². The molecule has 0 amide bonds. The Labute approximate surface area is 126 Å². The quantitative estimate of drug-likeness (QED) is 0.667. The van der Waals surface area contributed by atoms with Gasteiger partial charge in [-0.25, -0.2) is 0 Å². The fourth-order valence-electron chi connectivity index (χ4n) is 3.41. The van der Waals surface area contributed by atoms with Gasteiger partial charge in [-0.15, -0.1) is 0 Å². The Morgan fingerprint density at radius 1 is 1.33 bits per heavy atom. The predicted molar refractivity (Wildman–Crippen MR) is 85.8 cm³/mol. The van der Waals surface area contributed by atoms with Crippen molar-refractivity contribution in [3.63, 3.8) is 0 Å². The molecule has 3 N–H and O–H groups in total. The highest BCUT2D eigenvalue weighted by Crippen LogP contribution is 2.37. The van der Waals surface area contributed by atoms with Gasteiger partial charge in [-0.2, -0.15) is 0 Å². The molecule has 1 aromatic carbocycles. The van der Waals surface area contributed by atoms with Crippen molar-refractivity contribution in [1.82, 2.24) is 10.4 Å². The molecule has 2 unspecified atom stereocenters. The van der Waals surface area contributed by atoms with Crippen molar-refractivity contribution >= 4 is 0 Å². The predicted octanol–water partition coefficient (Wildman–Crippen LogP) is 3.40. The van der Waals surface area contributed by atoms with Crippen LogP contribution >= 0.6 is 0 Å². The molecule has 3 heteroatoms. The molecule has 1 heterocycles. The van der Waals surface area contributed by atoms with Crippen LogP contribution in [0.25, 0.3) is 0 Å². The summed E-state index contributed by atoms with van der Waals surface area (Å²) >= 11 is 0. The van der Waals surface area contributed by atoms with E-state index in [1.165, 1.54) is 36.0 Å². The second kappa shape index (κ2) is 6.37. The molecule has 3 nitrogen and oxygen atoms in total. The summed E-state index contributed by atoms with van der Waals surface area (Å²) in [5.74, 6) is 6.37. The molecule has 0 radical (unpaired) electrons. The third kappa shape index (κ3) is 3.14. The molecule has 0 saturated carbocycles. The van der Waals surface area contributed by atoms with Crippen LogP contribution in [0.4, 0.5) is 0 Å². The highest BCUT2D eigenvalue weighted by Gasteiger charge is 2.24. The summed E-state index contributed by atoms with van der Waals surface area (Å²) in [6, 6.07) is 13.1. The Balaban J connectivity index is 1.82. The lowest BCUT2D eigenvalue weighted by Crippen LogP contribution is -2.30. The summed E-state index contributed by atoms with van der Waals surface area (Å²) in [5, 5.41) is 0. The van der Waals surface area contributed by atoms with Gasteiger partial charge in [0, 0.05) is 6.20 Å². The molecule has 0 saturated heterocycles. The van der Waals surface area contributed by atoms with Gasteiger partial charge < -0.3 is 0 Å². The van der Waals surface area contributed by atoms with Crippen molar-refractivity contribution in [2.45, 2.75) is 44.6 Å². The maximum absolute atomic E-state index is 5.80. The highest BCUT2D eigenvalue weighted by atomic mass is 15.2. The number of aryl methyl sites for hydroxylation is 2. The topological polar surface area (TPSA) is 50.9 Å². The van der Waals surface area contributed by atoms with Crippen molar-refractivity contribution in [3.8, 4) is 0 Å². The number of hydrogen-bond acceptors (Lipinski definition) is 3. The summed E-state index contributed by atoms with van der Waals surface area (Å²) in [6.07, 6.45) is 6.57. The summed E-state index contributed by atoms with van der Waals surface area (Å²) < 4.78 is 0. The zero-order valence-electron chi connectivity index (χ0n) is 12.5. The van der Waals surface area contributed by atoms with Crippen LogP contribution in [-0.4, -0.2) is 4.98 Å². The molecule has 21 heavy (non-hydrogen) atoms. The van der Waals surface area contributed by atoms with Gasteiger partial charge in [-0.3, -0.25) is 16.3 Å². The van der Waals surface area contributed by atoms with E-state index in [1.54, 1.807) is 0 Å². The molecule has 110 valence electrons. The van der Waals surface area contributed by atoms with Gasteiger partial charge >= 0.3 is 0 Å². The van der Waals surface area contributed by atoms with Crippen LogP contribution in [0.3, 0.4) is 0 Å². The van der Waals surface area contributed by atoms with Crippen molar-refractivity contribution in [2.75, 3.05) is 0 Å². The van der Waals surface area contributed by atoms with Crippen LogP contribution in [0.1, 0.15) is 53.6 Å². The van der Waals surface area contributed by atoms with Gasteiger partial charge in [0.25, 0.3) is 0 Å². The van der Waals surface area contributed by atoms with Crippen LogP contribution in [0, 0.1) is 6.92 Å². The number of pyridine rings is 1. The third-order valence-electron chi connectivity index (χ3n) is 4.51. The Morgan fingerprint density at radius 3 is 3.00 bits per heavy atom. The van der Waals surface area contributed by atoms with E-state index in [-0.39, 0.29) is 6.04 Å². The lowest BCUT2D eigenvalue weighted by atomic mass is 9.79. The number of hydrazine groups is 1. The van der Waals surface area contributed by atoms with Crippen LogP contribution in [0.2, 0.25) is 0 Å². The Hall–Kier alpha value is -1.71. The lowest BCUT2D eigenvalue weighted by molar-refractivity contribution is 0.419. The second-order valence-corrected chi connectivity index (χ2v) is 6.00. The van der Waals surface area contributed by atoms with E-state index >= 15 is 0 Å². The Bertz CT molecular complexity index is 609. The van der Waals surface area contributed by atoms with Gasteiger partial charge in [0.2, 0.25) is 0 Å². The Kier molecular flexibility index (Phi) is 4.32. The van der Waals surface area contributed by atoms with Crippen LogP contribution in [0.15, 0.2) is 42.6 Å². The van der Waals surface area contributed by atoms with Crippen LogP contribution < -0.4 is 11.3 Å². The van der Waals surface area contributed by atoms with E-state index in [2.05, 4.69) is 47.7 Å². The molecular formula is C18H23N3. The standard InChI is InChI=1S/C18H23N3/c1-13-9-10-20-17(11-13)18(21-19)12-15-7-4-6-14-5-2-3-8-16(14)15/h2-3,5,8-11,15,18,21H,4,6-7,12,19H2,1H3. The minimum atomic E-state index is 0.112. The normalized spacial score (nSPS) is 19.0. The van der Waals surface area contributed by atoms with E-state index < -0.39 is 0 Å². The minimum absolute atomic E-state index is 0.112. The first-order chi connectivity index (χ1) is 10.3. The molecule has 0 fully saturated rings. The third-order valence-corrected chi connectivity index (χ3v) is 4.51. The number of rotatable bonds is 4. The lowest BCUT2D eigenvalue weighted by Gasteiger charge is -2.28. The Morgan fingerprint density at radius 2 is 2.19 bits per heavy atom. The molecule has 1 aliphatic carbocycles. The van der Waals surface area contributed by atoms with Gasteiger partial charge in [0.05, 0.1) is 11.7 Å². The number of benzene rings is 1. The van der Waals surface area contributed by atoms with E-state index in [0.29, 0.717) is 5.92 Å². The number of nitrogens with two attached hydrogens (primary N) is 1. The van der Waals surface area contributed by atoms with Gasteiger partial charge in [0.1, 0.15) is 0 Å². The second-order valence-electron chi connectivity index (χ2n) is 6.00. The number of fused-ring (bicyclic) bond motifs is 1. The van der Waals surface area contributed by atoms with Gasteiger partial charge in [-0.1, -0.05) is 24.3 Å². The molecule has 2 atom stereocenters. The van der Waals surface area contributed by atoms with Gasteiger partial charge in [-0.05, 0) is 67.3 Å². The largest absolute Gasteiger partial charge is 0.271 e. The smallest absolute Gasteiger partial charge is 0.0638 e. The summed E-state index contributed by atoms with van der Waals surface area (Å²) in [7, 11) is 0. The fourth-order valence-corrected chi connectivity index (χ4v) is 3.41. The number of aromatic nitrogens is 1. The first-order valence-corrected chi connectivity index (χ1v) is 7.74. The van der Waals surface area contributed by atoms with E-state index in [1.807, 2.05) is 12.3 Å². The molecule has 2 aromatic rings. The number of nitrogens with zero attached hydrogens (tertiary/aromatic N) is 1. The van der Waals surface area contributed by atoms with Crippen molar-refractivity contribution in [2.24, 2.45) is 5.84 Å². The zero-order chi connectivity index (χ0) is 14.7. The highest BCUT2D eigenvalue weighted by molar-refractivity contribution is 5.33. The molecule has 0 spiro atoms. The van der Waals surface area contributed by atoms with E-state index in [9.17, 15) is 0 Å². The molecular weight excluding hydrogens is 258 g/mol. The van der Waals surface area contributed by atoms with Gasteiger partial charge in [0.15, 0.2) is 0 Å². The SMILES string of the molecule is Cc1ccnc(C(CC2CCCc3ccccc32)NN)c1. The first kappa shape index (κ1) is 14.2. The molecule has 0 bridgehead atoms. The fraction of sp³-hybridized carbons (Fsp3) is 0.389. The summed E-state index contributed by atoms with van der Waals surface area (Å²) in [5.41, 5.74) is 8.23. The van der Waals surface area contributed by atoms with E-state index in [0.717, 1.165) is 12.1 Å². The molecule has 0 aliphatic heterocycles. The summed E-state index contributed by atoms with van der Waals surface area (Å²) in [6.45, 7) is 2.09. The maximum Gasteiger partial charge on any atom is 0.0638 e. The minimum Gasteiger partial charge on any atom is -0.271 e. The summed E-state index contributed by atoms with van der Waals surface area (Å²) in [4.78, 5) is 4.49. The number of hydrogen-bond donors (Lipinski definition) is 2. The van der Waals surface area contributed by atoms with Crippen LogP contribution in [0.5, 0.6) is 0 Å². The number of nitrogens with one attached hydrogen (secondary N) is 1. The zero-order valence-corrected chi connectivity index (χ0v) is 12.5. The van der Waals surface area contributed by atoms with Crippen molar-refractivity contribution in [1.29, 1.82) is 0 Å². The average Bonchev–Trinajstić information content (AvgIpc) is 2.52. The van der Waals surface area contributed by atoms with Crippen molar-refractivity contribution < 1.29 is 0 Å². The molecule has 3 rings (SSSR count). The van der Waals surface area contributed by atoms with Crippen molar-refractivity contribution in [3.05, 3.63) is 65.0 Å². The average molecular weight is 281 g/mol. The molecule has 1 aromatic heterocycles. The van der Waals surface area contributed by atoms with E-state index in [4.69, 9.17) is 5.84 Å². The first-order valence-electron chi connectivity index (χ1n) is 7.74. The molecule has 1 aliphatic rings.